The fourth-order valence-electron chi connectivity index (χ4n) is 2.16. The van der Waals surface area contributed by atoms with Gasteiger partial charge in [0.15, 0.2) is 11.5 Å². The maximum absolute atomic E-state index is 13.3. The van der Waals surface area contributed by atoms with Gasteiger partial charge in [0.05, 0.1) is 22.4 Å². The number of Topliss-reactive ketones (excluding diaryl/α,β-unsaturated/α-hetero) is 1. The summed E-state index contributed by atoms with van der Waals surface area (Å²) in [5.41, 5.74) is 4.67. The number of hydrogen-bond acceptors (Lipinski definition) is 5. The quantitative estimate of drug-likeness (QED) is 0.710. The zero-order chi connectivity index (χ0) is 16.1. The van der Waals surface area contributed by atoms with Crippen molar-refractivity contribution in [1.29, 1.82) is 0 Å². The second-order valence-corrected chi connectivity index (χ2v) is 5.61. The molecular formula is C14H9F3N2O2S. The average molecular weight is 326 g/mol. The van der Waals surface area contributed by atoms with Gasteiger partial charge >= 0.3 is 6.18 Å². The zero-order valence-electron chi connectivity index (χ0n) is 11.2. The summed E-state index contributed by atoms with van der Waals surface area (Å²) in [5.74, 6) is -0.183. The number of anilines is 1. The molecule has 3 rings (SSSR count). The van der Waals surface area contributed by atoms with Crippen molar-refractivity contribution in [3.63, 3.8) is 0 Å². The van der Waals surface area contributed by atoms with E-state index in [0.717, 1.165) is 17.4 Å². The fourth-order valence-corrected chi connectivity index (χ4v) is 3.17. The first-order valence-electron chi connectivity index (χ1n) is 6.14. The highest BCUT2D eigenvalue weighted by Gasteiger charge is 2.36. The average Bonchev–Trinajstić information content (AvgIpc) is 3.05. The van der Waals surface area contributed by atoms with Gasteiger partial charge in [0, 0.05) is 12.3 Å². The van der Waals surface area contributed by atoms with Crippen LogP contribution < -0.4 is 5.73 Å². The molecule has 8 heteroatoms. The summed E-state index contributed by atoms with van der Waals surface area (Å²) >= 11 is 0.846. The zero-order valence-corrected chi connectivity index (χ0v) is 12.0. The number of alkyl halides is 3. The SMILES string of the molecule is CC(=O)c1sc2nc(-c3ccco3)cc(C(F)(F)F)c2c1N. The number of thiophene rings is 1. The highest BCUT2D eigenvalue weighted by Crippen LogP contribution is 2.43. The second kappa shape index (κ2) is 4.84. The molecular weight excluding hydrogens is 317 g/mol. The molecule has 3 aromatic rings. The number of fused-ring (bicyclic) bond motifs is 1. The van der Waals surface area contributed by atoms with Gasteiger partial charge in [0.2, 0.25) is 0 Å². The maximum atomic E-state index is 13.3. The Kier molecular flexibility index (Phi) is 3.21. The van der Waals surface area contributed by atoms with Crippen LogP contribution in [0.2, 0.25) is 0 Å². The number of aromatic nitrogens is 1. The van der Waals surface area contributed by atoms with Crippen molar-refractivity contribution in [2.24, 2.45) is 0 Å². The van der Waals surface area contributed by atoms with Crippen LogP contribution in [0.5, 0.6) is 0 Å². The van der Waals surface area contributed by atoms with E-state index in [1.165, 1.54) is 19.3 Å². The Bertz CT molecular complexity index is 866. The summed E-state index contributed by atoms with van der Waals surface area (Å²) in [6.07, 6.45) is -3.27. The highest BCUT2D eigenvalue weighted by molar-refractivity contribution is 7.21. The first-order chi connectivity index (χ1) is 10.3. The number of rotatable bonds is 2. The van der Waals surface area contributed by atoms with Crippen molar-refractivity contribution >= 4 is 33.0 Å². The topological polar surface area (TPSA) is 69.1 Å². The molecule has 4 nitrogen and oxygen atoms in total. The number of halogens is 3. The van der Waals surface area contributed by atoms with Gasteiger partial charge in [0.1, 0.15) is 10.5 Å². The molecule has 0 saturated carbocycles. The van der Waals surface area contributed by atoms with E-state index < -0.39 is 17.5 Å². The van der Waals surface area contributed by atoms with E-state index in [4.69, 9.17) is 10.2 Å². The van der Waals surface area contributed by atoms with Gasteiger partial charge in [0.25, 0.3) is 0 Å². The number of nitrogens with zero attached hydrogens (tertiary/aromatic N) is 1. The molecule has 22 heavy (non-hydrogen) atoms. The summed E-state index contributed by atoms with van der Waals surface area (Å²) in [4.78, 5) is 15.8. The molecule has 2 N–H and O–H groups in total. The minimum atomic E-state index is -4.62. The van der Waals surface area contributed by atoms with Crippen LogP contribution in [-0.4, -0.2) is 10.8 Å². The van der Waals surface area contributed by atoms with Crippen molar-refractivity contribution in [3.05, 3.63) is 34.9 Å². The first kappa shape index (κ1) is 14.6. The fraction of sp³-hybridized carbons (Fsp3) is 0.143. The second-order valence-electron chi connectivity index (χ2n) is 4.61. The minimum absolute atomic E-state index is 0.0428. The molecule has 114 valence electrons. The molecule has 0 radical (unpaired) electrons. The summed E-state index contributed by atoms with van der Waals surface area (Å²) < 4.78 is 45.1. The Morgan fingerprint density at radius 2 is 2.14 bits per heavy atom. The summed E-state index contributed by atoms with van der Waals surface area (Å²) in [6.45, 7) is 1.25. The van der Waals surface area contributed by atoms with E-state index in [0.29, 0.717) is 0 Å². The standard InChI is InChI=1S/C14H9F3N2O2S/c1-6(20)12-11(18)10-7(14(15,16)17)5-8(19-13(10)22-12)9-3-2-4-21-9/h2-5H,18H2,1H3. The lowest BCUT2D eigenvalue weighted by molar-refractivity contribution is -0.136. The van der Waals surface area contributed by atoms with Gasteiger partial charge < -0.3 is 10.2 Å². The number of carbonyl (C=O) groups excluding carboxylic acids is 1. The highest BCUT2D eigenvalue weighted by atomic mass is 32.1. The Hall–Kier alpha value is -2.35. The van der Waals surface area contributed by atoms with Crippen molar-refractivity contribution in [2.45, 2.75) is 13.1 Å². The largest absolute Gasteiger partial charge is 0.463 e. The third-order valence-corrected chi connectivity index (χ3v) is 4.30. The number of nitrogens with two attached hydrogens (primary N) is 1. The third-order valence-electron chi connectivity index (χ3n) is 3.10. The summed E-state index contributed by atoms with van der Waals surface area (Å²) in [7, 11) is 0. The molecule has 0 bridgehead atoms. The van der Waals surface area contributed by atoms with Crippen LogP contribution in [0, 0.1) is 0 Å². The van der Waals surface area contributed by atoms with Crippen molar-refractivity contribution in [3.8, 4) is 11.5 Å². The van der Waals surface area contributed by atoms with Gasteiger partial charge in [-0.15, -0.1) is 11.3 Å². The van der Waals surface area contributed by atoms with Crippen molar-refractivity contribution in [2.75, 3.05) is 5.73 Å². The predicted octanol–water partition coefficient (Wildman–Crippen LogP) is 4.36. The van der Waals surface area contributed by atoms with Crippen LogP contribution in [0.4, 0.5) is 18.9 Å². The van der Waals surface area contributed by atoms with Crippen LogP contribution >= 0.6 is 11.3 Å². The van der Waals surface area contributed by atoms with Gasteiger partial charge in [-0.25, -0.2) is 4.98 Å². The molecule has 0 saturated heterocycles. The minimum Gasteiger partial charge on any atom is -0.463 e. The van der Waals surface area contributed by atoms with Crippen LogP contribution in [0.1, 0.15) is 22.2 Å². The molecule has 0 spiro atoms. The number of ketones is 1. The van der Waals surface area contributed by atoms with E-state index in [9.17, 15) is 18.0 Å². The Morgan fingerprint density at radius 1 is 1.41 bits per heavy atom. The van der Waals surface area contributed by atoms with Crippen molar-refractivity contribution in [1.82, 2.24) is 4.98 Å². The molecule has 0 unspecified atom stereocenters. The van der Waals surface area contributed by atoms with Crippen LogP contribution in [0.25, 0.3) is 21.7 Å². The van der Waals surface area contributed by atoms with Gasteiger partial charge in [-0.05, 0) is 18.2 Å². The lowest BCUT2D eigenvalue weighted by Gasteiger charge is -2.10. The number of furan rings is 1. The Labute approximate surface area is 126 Å². The van der Waals surface area contributed by atoms with Crippen LogP contribution in [0.15, 0.2) is 28.9 Å². The van der Waals surface area contributed by atoms with E-state index in [1.54, 1.807) is 6.07 Å². The molecule has 0 aliphatic carbocycles. The van der Waals surface area contributed by atoms with Crippen LogP contribution in [0.3, 0.4) is 0 Å². The lowest BCUT2D eigenvalue weighted by atomic mass is 10.1. The smallest absolute Gasteiger partial charge is 0.417 e. The summed E-state index contributed by atoms with van der Waals surface area (Å²) in [5, 5.41) is -0.238. The predicted molar refractivity (Wildman–Crippen MR) is 76.7 cm³/mol. The lowest BCUT2D eigenvalue weighted by Crippen LogP contribution is -2.07. The van der Waals surface area contributed by atoms with E-state index in [1.807, 2.05) is 0 Å². The summed E-state index contributed by atoms with van der Waals surface area (Å²) in [6, 6.07) is 3.95. The molecule has 3 heterocycles. The molecule has 0 aliphatic rings. The Balaban J connectivity index is 2.39. The number of nitrogen functional groups attached to an aromatic ring is 1. The monoisotopic (exact) mass is 326 g/mol. The molecule has 0 aromatic carbocycles. The number of carbonyl (C=O) groups is 1. The maximum Gasteiger partial charge on any atom is 0.417 e. The molecule has 0 fully saturated rings. The number of hydrogen-bond donors (Lipinski definition) is 1. The third kappa shape index (κ3) is 2.25. The molecule has 3 aromatic heterocycles. The van der Waals surface area contributed by atoms with Gasteiger partial charge in [-0.1, -0.05) is 0 Å². The van der Waals surface area contributed by atoms with E-state index in [-0.39, 0.29) is 32.2 Å². The van der Waals surface area contributed by atoms with Gasteiger partial charge in [-0.2, -0.15) is 13.2 Å². The molecule has 0 amide bonds. The first-order valence-corrected chi connectivity index (χ1v) is 6.95. The molecule has 0 aliphatic heterocycles. The Morgan fingerprint density at radius 3 is 2.68 bits per heavy atom. The van der Waals surface area contributed by atoms with Crippen molar-refractivity contribution < 1.29 is 22.4 Å². The van der Waals surface area contributed by atoms with E-state index in [2.05, 4.69) is 4.98 Å². The molecule has 0 atom stereocenters. The number of pyridine rings is 1. The van der Waals surface area contributed by atoms with E-state index >= 15 is 0 Å². The van der Waals surface area contributed by atoms with Crippen LogP contribution in [-0.2, 0) is 6.18 Å². The normalized spacial score (nSPS) is 12.0. The van der Waals surface area contributed by atoms with Gasteiger partial charge in [-0.3, -0.25) is 4.79 Å².